The number of rotatable bonds is 4. The Labute approximate surface area is 231 Å². The van der Waals surface area contributed by atoms with E-state index >= 15 is 0 Å². The van der Waals surface area contributed by atoms with Crippen molar-refractivity contribution in [1.82, 2.24) is 0 Å². The fraction of sp³-hybridized carbons (Fsp3) is 0.444. The molecule has 14 heteroatoms. The zero-order chi connectivity index (χ0) is 29.9. The predicted octanol–water partition coefficient (Wildman–Crippen LogP) is -0.323. The largest absolute Gasteiger partial charge is 0.507 e. The van der Waals surface area contributed by atoms with Gasteiger partial charge in [0.15, 0.2) is 23.2 Å². The van der Waals surface area contributed by atoms with Crippen molar-refractivity contribution in [2.45, 2.75) is 75.1 Å². The first-order valence-electron chi connectivity index (χ1n) is 12.7. The maximum Gasteiger partial charge on any atom is 0.197 e. The minimum atomic E-state index is -1.78. The second-order valence-electron chi connectivity index (χ2n) is 10.2. The van der Waals surface area contributed by atoms with Crippen LogP contribution in [0.1, 0.15) is 25.5 Å². The highest BCUT2D eigenvalue weighted by molar-refractivity contribution is 5.88. The minimum Gasteiger partial charge on any atom is -0.507 e. The maximum absolute atomic E-state index is 13.1. The van der Waals surface area contributed by atoms with Crippen molar-refractivity contribution < 1.29 is 64.6 Å². The van der Waals surface area contributed by atoms with Gasteiger partial charge in [0.1, 0.15) is 71.0 Å². The highest BCUT2D eigenvalue weighted by atomic mass is 16.7. The average Bonchev–Trinajstić information content (AvgIpc) is 2.92. The molecule has 2 aliphatic heterocycles. The van der Waals surface area contributed by atoms with Crippen LogP contribution in [0.25, 0.3) is 22.3 Å². The molecule has 2 aliphatic rings. The molecular weight excluding hydrogens is 548 g/mol. The third-order valence-corrected chi connectivity index (χ3v) is 7.48. The van der Waals surface area contributed by atoms with E-state index in [9.17, 15) is 50.8 Å². The molecule has 0 saturated carbocycles. The summed E-state index contributed by atoms with van der Waals surface area (Å²) in [5.41, 5.74) is -1.20. The summed E-state index contributed by atoms with van der Waals surface area (Å²) in [5, 5.41) is 93.2. The fourth-order valence-corrected chi connectivity index (χ4v) is 5.11. The quantitative estimate of drug-likeness (QED) is 0.180. The summed E-state index contributed by atoms with van der Waals surface area (Å²) in [4.78, 5) is 13.1. The van der Waals surface area contributed by atoms with Crippen LogP contribution in [0.15, 0.2) is 39.5 Å². The molecule has 10 atom stereocenters. The molecule has 2 saturated heterocycles. The Morgan fingerprint density at radius 3 is 2.07 bits per heavy atom. The smallest absolute Gasteiger partial charge is 0.197 e. The Balaban J connectivity index is 1.58. The number of aliphatic hydroxyl groups excluding tert-OH is 5. The van der Waals surface area contributed by atoms with Crippen molar-refractivity contribution in [3.63, 3.8) is 0 Å². The van der Waals surface area contributed by atoms with Crippen LogP contribution in [0, 0.1) is 0 Å². The molecule has 1 aromatic heterocycles. The third-order valence-electron chi connectivity index (χ3n) is 7.48. The summed E-state index contributed by atoms with van der Waals surface area (Å²) in [7, 11) is 0. The third kappa shape index (κ3) is 4.98. The van der Waals surface area contributed by atoms with Crippen LogP contribution in [0.2, 0.25) is 0 Å². The highest BCUT2D eigenvalue weighted by Crippen LogP contribution is 2.46. The molecule has 10 unspecified atom stereocenters. The SMILES string of the molecule is CC1OC(OC2C(c3c(O)cc4oc(-c5ccc(O)c(O)c5)cc(=O)c4c3O)OC(C)C(O)C2O)C(O)C(O)C1O. The van der Waals surface area contributed by atoms with Gasteiger partial charge in [-0.3, -0.25) is 4.79 Å². The number of ether oxygens (including phenoxy) is 3. The zero-order valence-corrected chi connectivity index (χ0v) is 21.7. The van der Waals surface area contributed by atoms with Gasteiger partial charge >= 0.3 is 0 Å². The van der Waals surface area contributed by atoms with Crippen LogP contribution >= 0.6 is 0 Å². The molecule has 0 bridgehead atoms. The summed E-state index contributed by atoms with van der Waals surface area (Å²) < 4.78 is 22.7. The molecular formula is C27H30O14. The second kappa shape index (κ2) is 10.7. The van der Waals surface area contributed by atoms with Crippen LogP contribution < -0.4 is 5.43 Å². The van der Waals surface area contributed by atoms with E-state index in [-0.39, 0.29) is 22.3 Å². The topological polar surface area (TPSA) is 240 Å². The molecule has 2 aromatic carbocycles. The molecule has 41 heavy (non-hydrogen) atoms. The first-order chi connectivity index (χ1) is 19.3. The molecule has 0 radical (unpaired) electrons. The molecule has 5 rings (SSSR count). The van der Waals surface area contributed by atoms with Crippen molar-refractivity contribution in [2.24, 2.45) is 0 Å². The first-order valence-corrected chi connectivity index (χ1v) is 12.7. The van der Waals surface area contributed by atoms with Gasteiger partial charge in [-0.25, -0.2) is 0 Å². The summed E-state index contributed by atoms with van der Waals surface area (Å²) in [6.45, 7) is 2.82. The van der Waals surface area contributed by atoms with Gasteiger partial charge in [0.25, 0.3) is 0 Å². The molecule has 3 aromatic rings. The van der Waals surface area contributed by atoms with E-state index in [1.165, 1.54) is 26.0 Å². The van der Waals surface area contributed by atoms with Crippen molar-refractivity contribution in [3.8, 4) is 34.3 Å². The van der Waals surface area contributed by atoms with Gasteiger partial charge in [0, 0.05) is 17.7 Å². The molecule has 222 valence electrons. The Bertz CT molecular complexity index is 1500. The normalized spacial score (nSPS) is 34.1. The Hall–Kier alpha value is -3.47. The summed E-state index contributed by atoms with van der Waals surface area (Å²) in [6.07, 6.45) is -15.0. The van der Waals surface area contributed by atoms with Gasteiger partial charge in [-0.2, -0.15) is 0 Å². The molecule has 9 N–H and O–H groups in total. The van der Waals surface area contributed by atoms with Crippen molar-refractivity contribution >= 4 is 11.0 Å². The van der Waals surface area contributed by atoms with E-state index in [1.54, 1.807) is 0 Å². The van der Waals surface area contributed by atoms with Gasteiger partial charge in [0.05, 0.1) is 17.8 Å². The Morgan fingerprint density at radius 1 is 0.732 bits per heavy atom. The van der Waals surface area contributed by atoms with Crippen molar-refractivity contribution in [3.05, 3.63) is 46.1 Å². The van der Waals surface area contributed by atoms with Crippen LogP contribution in [-0.4, -0.2) is 101 Å². The lowest BCUT2D eigenvalue weighted by atomic mass is 9.89. The van der Waals surface area contributed by atoms with Gasteiger partial charge < -0.3 is 64.6 Å². The Kier molecular flexibility index (Phi) is 7.61. The maximum atomic E-state index is 13.1. The molecule has 14 nitrogen and oxygen atoms in total. The Morgan fingerprint density at radius 2 is 1.39 bits per heavy atom. The first kappa shape index (κ1) is 29.0. The lowest BCUT2D eigenvalue weighted by molar-refractivity contribution is -0.336. The van der Waals surface area contributed by atoms with E-state index in [4.69, 9.17) is 18.6 Å². The van der Waals surface area contributed by atoms with Gasteiger partial charge in [0.2, 0.25) is 0 Å². The van der Waals surface area contributed by atoms with E-state index in [0.717, 1.165) is 18.2 Å². The number of phenols is 4. The number of aliphatic hydroxyl groups is 5. The average molecular weight is 579 g/mol. The number of benzene rings is 2. The number of hydrogen-bond donors (Lipinski definition) is 9. The summed E-state index contributed by atoms with van der Waals surface area (Å²) >= 11 is 0. The lowest BCUT2D eigenvalue weighted by Gasteiger charge is -2.46. The van der Waals surface area contributed by atoms with Crippen LogP contribution in [0.4, 0.5) is 0 Å². The van der Waals surface area contributed by atoms with Crippen LogP contribution in [0.3, 0.4) is 0 Å². The molecule has 2 fully saturated rings. The summed E-state index contributed by atoms with van der Waals surface area (Å²) in [5.74, 6) is -2.34. The van der Waals surface area contributed by atoms with Gasteiger partial charge in [-0.1, -0.05) is 0 Å². The molecule has 3 heterocycles. The predicted molar refractivity (Wildman–Crippen MR) is 137 cm³/mol. The van der Waals surface area contributed by atoms with Gasteiger partial charge in [-0.15, -0.1) is 0 Å². The zero-order valence-electron chi connectivity index (χ0n) is 21.7. The standard InChI is InChI=1S/C27H30O14/c1-8-20(33)23(36)26(41-27-24(37)22(35)19(32)9(2)39-27)25(38-8)18-14(31)7-16-17(21(18)34)13(30)6-15(40-16)10-3-4-11(28)12(29)5-10/h3-9,19-20,22-29,31-37H,1-2H3. The second-order valence-corrected chi connectivity index (χ2v) is 10.2. The molecule has 0 spiro atoms. The van der Waals surface area contributed by atoms with Crippen LogP contribution in [0.5, 0.6) is 23.0 Å². The minimum absolute atomic E-state index is 0.0510. The number of hydrogen-bond acceptors (Lipinski definition) is 14. The van der Waals surface area contributed by atoms with Gasteiger partial charge in [-0.05, 0) is 32.0 Å². The lowest BCUT2D eigenvalue weighted by Crippen LogP contribution is -2.61. The van der Waals surface area contributed by atoms with Crippen molar-refractivity contribution in [1.29, 1.82) is 0 Å². The highest BCUT2D eigenvalue weighted by Gasteiger charge is 2.50. The van der Waals surface area contributed by atoms with E-state index in [0.29, 0.717) is 0 Å². The van der Waals surface area contributed by atoms with E-state index in [1.807, 2.05) is 0 Å². The summed E-state index contributed by atoms with van der Waals surface area (Å²) in [6, 6.07) is 5.75. The van der Waals surface area contributed by atoms with E-state index in [2.05, 4.69) is 0 Å². The van der Waals surface area contributed by atoms with E-state index < -0.39 is 95.2 Å². The molecule has 0 aliphatic carbocycles. The number of aromatic hydroxyl groups is 4. The van der Waals surface area contributed by atoms with Crippen molar-refractivity contribution in [2.75, 3.05) is 0 Å². The fourth-order valence-electron chi connectivity index (χ4n) is 5.11. The monoisotopic (exact) mass is 578 g/mol. The number of fused-ring (bicyclic) bond motifs is 1. The number of phenolic OH excluding ortho intramolecular Hbond substituents is 4. The van der Waals surface area contributed by atoms with Crippen LogP contribution in [-0.2, 0) is 14.2 Å². The molecule has 0 amide bonds.